The van der Waals surface area contributed by atoms with Crippen molar-refractivity contribution in [3.63, 3.8) is 0 Å². The average molecular weight is 375 g/mol. The summed E-state index contributed by atoms with van der Waals surface area (Å²) in [6, 6.07) is 3.51. The normalized spacial score (nSPS) is 12.1. The fraction of sp³-hybridized carbons (Fsp3) is 0.333. The van der Waals surface area contributed by atoms with Crippen LogP contribution in [0.1, 0.15) is 20.8 Å². The van der Waals surface area contributed by atoms with Crippen molar-refractivity contribution >= 4 is 23.5 Å². The van der Waals surface area contributed by atoms with Gasteiger partial charge in [-0.1, -0.05) is 20.8 Å². The Hall–Kier alpha value is -3.36. The highest BCUT2D eigenvalue weighted by atomic mass is 16.5. The van der Waals surface area contributed by atoms with Gasteiger partial charge >= 0.3 is 17.8 Å². The van der Waals surface area contributed by atoms with Crippen LogP contribution >= 0.6 is 0 Å². The van der Waals surface area contributed by atoms with Crippen molar-refractivity contribution in [1.29, 1.82) is 0 Å². The summed E-state index contributed by atoms with van der Waals surface area (Å²) in [6.07, 6.45) is 2.80. The van der Waals surface area contributed by atoms with Crippen molar-refractivity contribution in [1.82, 2.24) is 10.3 Å². The van der Waals surface area contributed by atoms with Gasteiger partial charge in [0, 0.05) is 11.8 Å². The number of carboxylic acids is 1. The molecular formula is C18H21N3O6. The molecule has 0 saturated carbocycles. The molecule has 0 aliphatic rings. The smallest absolute Gasteiger partial charge is 0.326 e. The number of carbonyl (C=O) groups excluding carboxylic acids is 2. The molecule has 0 radical (unpaired) electrons. The van der Waals surface area contributed by atoms with E-state index in [0.717, 1.165) is 0 Å². The first-order chi connectivity index (χ1) is 12.6. The van der Waals surface area contributed by atoms with Gasteiger partial charge in [0.2, 0.25) is 0 Å². The number of anilines is 1. The number of nitrogens with one attached hydrogen (secondary N) is 2. The summed E-state index contributed by atoms with van der Waals surface area (Å²) in [5, 5.41) is 13.9. The van der Waals surface area contributed by atoms with E-state index in [4.69, 9.17) is 9.15 Å². The standard InChI is InChI=1S/C18H21N3O6/c1-18(2,3)14(17(24)25)21-16(23)15(22)20-10-5-6-11(12(7-10)26-4)13-8-19-9-27-13/h5-9,14H,1-4H3,(H,20,22)(H,21,23)(H,24,25). The lowest BCUT2D eigenvalue weighted by Crippen LogP contribution is -2.52. The van der Waals surface area contributed by atoms with Crippen LogP contribution in [0.3, 0.4) is 0 Å². The van der Waals surface area contributed by atoms with Gasteiger partial charge in [-0.3, -0.25) is 9.59 Å². The Morgan fingerprint density at radius 1 is 1.22 bits per heavy atom. The van der Waals surface area contributed by atoms with Crippen LogP contribution in [0.4, 0.5) is 5.69 Å². The van der Waals surface area contributed by atoms with Gasteiger partial charge in [-0.2, -0.15) is 0 Å². The minimum absolute atomic E-state index is 0.304. The molecule has 1 aromatic heterocycles. The molecule has 0 saturated heterocycles. The largest absolute Gasteiger partial charge is 0.496 e. The van der Waals surface area contributed by atoms with E-state index in [1.165, 1.54) is 25.8 Å². The van der Waals surface area contributed by atoms with E-state index in [1.807, 2.05) is 0 Å². The van der Waals surface area contributed by atoms with Crippen molar-refractivity contribution in [3.8, 4) is 17.1 Å². The summed E-state index contributed by atoms with van der Waals surface area (Å²) in [5.41, 5.74) is 0.165. The van der Waals surface area contributed by atoms with Gasteiger partial charge in [-0.25, -0.2) is 9.78 Å². The minimum Gasteiger partial charge on any atom is -0.496 e. The zero-order valence-corrected chi connectivity index (χ0v) is 15.4. The second kappa shape index (κ2) is 7.90. The van der Waals surface area contributed by atoms with Crippen LogP contribution in [0.5, 0.6) is 5.75 Å². The molecule has 0 aliphatic carbocycles. The van der Waals surface area contributed by atoms with Crippen LogP contribution in [-0.2, 0) is 14.4 Å². The number of nitrogens with zero attached hydrogens (tertiary/aromatic N) is 1. The number of carboxylic acid groups (broad SMARTS) is 1. The van der Waals surface area contributed by atoms with Gasteiger partial charge in [0.15, 0.2) is 12.2 Å². The Kier molecular flexibility index (Phi) is 5.84. The first kappa shape index (κ1) is 20.0. The topological polar surface area (TPSA) is 131 Å². The third-order valence-corrected chi connectivity index (χ3v) is 3.75. The van der Waals surface area contributed by atoms with E-state index in [1.54, 1.807) is 32.9 Å². The number of methoxy groups -OCH3 is 1. The maximum absolute atomic E-state index is 12.1. The Bertz CT molecular complexity index is 839. The fourth-order valence-corrected chi connectivity index (χ4v) is 2.35. The number of aromatic nitrogens is 1. The monoisotopic (exact) mass is 375 g/mol. The molecule has 1 heterocycles. The summed E-state index contributed by atoms with van der Waals surface area (Å²) in [4.78, 5) is 39.4. The van der Waals surface area contributed by atoms with E-state index >= 15 is 0 Å². The molecule has 2 amide bonds. The maximum atomic E-state index is 12.1. The molecule has 0 aliphatic heterocycles. The van der Waals surface area contributed by atoms with Gasteiger partial charge < -0.3 is 24.9 Å². The SMILES string of the molecule is COc1cc(NC(=O)C(=O)NC(C(=O)O)C(C)(C)C)ccc1-c1cnco1. The molecule has 2 rings (SSSR count). The Morgan fingerprint density at radius 3 is 2.44 bits per heavy atom. The molecule has 0 fully saturated rings. The van der Waals surface area contributed by atoms with Crippen LogP contribution in [0.25, 0.3) is 11.3 Å². The van der Waals surface area contributed by atoms with Gasteiger partial charge in [-0.15, -0.1) is 0 Å². The average Bonchev–Trinajstić information content (AvgIpc) is 3.12. The minimum atomic E-state index is -1.22. The zero-order chi connectivity index (χ0) is 20.2. The summed E-state index contributed by atoms with van der Waals surface area (Å²) < 4.78 is 10.5. The molecule has 144 valence electrons. The molecule has 9 nitrogen and oxygen atoms in total. The van der Waals surface area contributed by atoms with Crippen molar-refractivity contribution in [2.75, 3.05) is 12.4 Å². The molecule has 0 spiro atoms. The van der Waals surface area contributed by atoms with Gasteiger partial charge in [0.05, 0.1) is 18.9 Å². The third kappa shape index (κ3) is 4.84. The number of carbonyl (C=O) groups is 3. The number of hydrogen-bond donors (Lipinski definition) is 3. The Balaban J connectivity index is 2.13. The maximum Gasteiger partial charge on any atom is 0.326 e. The number of ether oxygens (including phenoxy) is 1. The summed E-state index contributed by atoms with van der Waals surface area (Å²) >= 11 is 0. The second-order valence-corrected chi connectivity index (χ2v) is 6.85. The molecule has 3 N–H and O–H groups in total. The molecule has 1 unspecified atom stereocenters. The molecule has 1 atom stereocenters. The Morgan fingerprint density at radius 2 is 1.93 bits per heavy atom. The quantitative estimate of drug-likeness (QED) is 0.680. The lowest BCUT2D eigenvalue weighted by Gasteiger charge is -2.27. The number of aliphatic carboxylic acids is 1. The van der Waals surface area contributed by atoms with E-state index < -0.39 is 29.2 Å². The van der Waals surface area contributed by atoms with Crippen LogP contribution in [0.2, 0.25) is 0 Å². The molecule has 1 aromatic carbocycles. The summed E-state index contributed by atoms with van der Waals surface area (Å²) in [5.74, 6) is -2.36. The molecule has 9 heteroatoms. The molecule has 2 aromatic rings. The van der Waals surface area contributed by atoms with Crippen molar-refractivity contribution < 1.29 is 28.6 Å². The van der Waals surface area contributed by atoms with E-state index in [2.05, 4.69) is 15.6 Å². The first-order valence-corrected chi connectivity index (χ1v) is 8.05. The van der Waals surface area contributed by atoms with Gasteiger partial charge in [-0.05, 0) is 17.5 Å². The van der Waals surface area contributed by atoms with Gasteiger partial charge in [0.1, 0.15) is 11.8 Å². The van der Waals surface area contributed by atoms with E-state index in [-0.39, 0.29) is 0 Å². The number of oxazole rings is 1. The van der Waals surface area contributed by atoms with Crippen molar-refractivity contribution in [2.24, 2.45) is 5.41 Å². The highest BCUT2D eigenvalue weighted by Crippen LogP contribution is 2.32. The molecule has 27 heavy (non-hydrogen) atoms. The molecule has 0 bridgehead atoms. The van der Waals surface area contributed by atoms with E-state index in [0.29, 0.717) is 22.8 Å². The highest BCUT2D eigenvalue weighted by molar-refractivity contribution is 6.40. The van der Waals surface area contributed by atoms with Crippen LogP contribution in [-0.4, -0.2) is 41.0 Å². The fourth-order valence-electron chi connectivity index (χ4n) is 2.35. The lowest BCUT2D eigenvalue weighted by atomic mass is 9.87. The van der Waals surface area contributed by atoms with Crippen molar-refractivity contribution in [2.45, 2.75) is 26.8 Å². The summed E-state index contributed by atoms with van der Waals surface area (Å²) in [6.45, 7) is 4.95. The predicted octanol–water partition coefficient (Wildman–Crippen LogP) is 1.90. The van der Waals surface area contributed by atoms with Crippen LogP contribution < -0.4 is 15.4 Å². The van der Waals surface area contributed by atoms with E-state index in [9.17, 15) is 19.5 Å². The van der Waals surface area contributed by atoms with Crippen LogP contribution in [0.15, 0.2) is 35.2 Å². The van der Waals surface area contributed by atoms with Crippen LogP contribution in [0, 0.1) is 5.41 Å². The second-order valence-electron chi connectivity index (χ2n) is 6.85. The number of benzene rings is 1. The lowest BCUT2D eigenvalue weighted by molar-refractivity contribution is -0.146. The third-order valence-electron chi connectivity index (χ3n) is 3.75. The highest BCUT2D eigenvalue weighted by Gasteiger charge is 2.34. The zero-order valence-electron chi connectivity index (χ0n) is 15.4. The number of rotatable bonds is 5. The predicted molar refractivity (Wildman–Crippen MR) is 96.1 cm³/mol. The van der Waals surface area contributed by atoms with Gasteiger partial charge in [0.25, 0.3) is 0 Å². The first-order valence-electron chi connectivity index (χ1n) is 8.05. The summed E-state index contributed by atoms with van der Waals surface area (Å²) in [7, 11) is 1.45. The Labute approximate surface area is 155 Å². The number of amides is 2. The number of hydrogen-bond acceptors (Lipinski definition) is 6. The molecular weight excluding hydrogens is 354 g/mol. The van der Waals surface area contributed by atoms with Crippen molar-refractivity contribution in [3.05, 3.63) is 30.8 Å².